The number of allylic oxidation sites excluding steroid dienone is 4. The van der Waals surface area contributed by atoms with E-state index in [-0.39, 0.29) is 136 Å². The second-order valence-corrected chi connectivity index (χ2v) is 29.6. The van der Waals surface area contributed by atoms with Crippen LogP contribution in [0, 0.1) is 0 Å². The van der Waals surface area contributed by atoms with Crippen molar-refractivity contribution in [2.75, 3.05) is 65.9 Å². The van der Waals surface area contributed by atoms with E-state index in [0.29, 0.717) is 51.4 Å². The first-order chi connectivity index (χ1) is 48.3. The Labute approximate surface area is 661 Å². The molecule has 8 atom stereocenters. The van der Waals surface area contributed by atoms with Gasteiger partial charge in [0.05, 0.1) is 76.8 Å². The van der Waals surface area contributed by atoms with Gasteiger partial charge in [0, 0.05) is 39.1 Å². The summed E-state index contributed by atoms with van der Waals surface area (Å²) in [5.41, 5.74) is 0. The molecule has 0 aromatic rings. The third-order valence-corrected chi connectivity index (χ3v) is 18.9. The van der Waals surface area contributed by atoms with Gasteiger partial charge in [-0.25, -0.2) is 4.79 Å². The number of carbonyl (C=O) groups is 5. The molecule has 102 heavy (non-hydrogen) atoms. The van der Waals surface area contributed by atoms with E-state index in [1.807, 2.05) is 0 Å². The number of ether oxygens (including phenoxy) is 4. The molecule has 4 unspecified atom stereocenters. The Kier molecular flexibility index (Phi) is 77.2. The van der Waals surface area contributed by atoms with Crippen LogP contribution in [0.25, 0.3) is 0 Å². The van der Waals surface area contributed by atoms with E-state index in [2.05, 4.69) is 87.1 Å². The van der Waals surface area contributed by atoms with Crippen LogP contribution in [-0.2, 0) is 65.4 Å². The molecule has 0 aliphatic carbocycles. The summed E-state index contributed by atoms with van der Waals surface area (Å²) in [5, 5.41) is 31.5. The third-order valence-electron chi connectivity index (χ3n) is 16.9. The number of unbranched alkanes of at least 4 members (excludes halogenated alkanes) is 26. The molecule has 0 aromatic heterocycles. The number of amides is 4. The molecule has 0 aliphatic heterocycles. The number of aliphatic hydroxyl groups excluding tert-OH is 2. The van der Waals surface area contributed by atoms with Crippen molar-refractivity contribution in [3.63, 3.8) is 0 Å². The van der Waals surface area contributed by atoms with Gasteiger partial charge in [0.15, 0.2) is 0 Å². The molecule has 23 nitrogen and oxygen atoms in total. The Bertz CT molecular complexity index is 2000. The van der Waals surface area contributed by atoms with Crippen molar-refractivity contribution in [3.05, 3.63) is 24.3 Å². The molecule has 588 valence electrons. The van der Waals surface area contributed by atoms with Crippen LogP contribution in [0.5, 0.6) is 0 Å². The van der Waals surface area contributed by atoms with Crippen LogP contribution in [0.15, 0.2) is 24.3 Å². The molecular weight excluding hydrogens is 1370 g/mol. The van der Waals surface area contributed by atoms with E-state index in [4.69, 9.17) is 37.0 Å². The summed E-state index contributed by atoms with van der Waals surface area (Å²) in [6.07, 6.45) is 43.2. The predicted molar refractivity (Wildman–Crippen MR) is 393 cm³/mol. The van der Waals surface area contributed by atoms with Crippen molar-refractivity contribution in [1.29, 1.82) is 0 Å². The number of nitrogens with one attached hydrogen (secondary N) is 4. The zero-order valence-corrected chi connectivity index (χ0v) is 71.0. The number of hydrogen-bond acceptors (Lipinski definition) is 19. The van der Waals surface area contributed by atoms with Crippen LogP contribution in [0.3, 0.4) is 0 Å². The molecular formula is C75H142N4Na2O19P2. The average Bonchev–Trinajstić information content (AvgIpc) is 0.913. The fourth-order valence-corrected chi connectivity index (χ4v) is 12.5. The van der Waals surface area contributed by atoms with Crippen molar-refractivity contribution >= 4 is 45.4 Å². The Balaban J connectivity index is -0.0000490. The fourth-order valence-electron chi connectivity index (χ4n) is 11.0. The van der Waals surface area contributed by atoms with Crippen LogP contribution < -0.4 is 90.2 Å². The van der Waals surface area contributed by atoms with E-state index < -0.39 is 96.4 Å². The number of rotatable bonds is 74. The van der Waals surface area contributed by atoms with Crippen LogP contribution in [0.2, 0.25) is 0 Å². The van der Waals surface area contributed by atoms with Crippen LogP contribution in [0.4, 0.5) is 4.79 Å². The molecule has 0 rings (SSSR count). The van der Waals surface area contributed by atoms with Crippen LogP contribution >= 0.6 is 15.6 Å². The van der Waals surface area contributed by atoms with E-state index >= 15 is 0 Å². The number of aliphatic hydroxyl groups is 2. The minimum absolute atomic E-state index is 0. The number of phosphoric ester groups is 2. The standard InChI is InChI=1S/C75H144N4O19P2.2Na/c1-7-13-19-25-27-29-31-37-43-49-73(84)97-69(47-41-35-23-17-11-5)59-71(82)78-65(61-91-55-51-67(80)45-39-33-21-15-9-3)63-95-99(87,88)93-57-53-76-75(86)77-54-58-94-100(89,90)96-64-66(62-92-56-52-68(81)46-40-34-22-16-10-4)79-72(83)60-70(48-42-36-24-18-12-6)98-74(85)50-44-38-32-30-28-26-20-14-8-2;;/h29-32,65-70,80-81H,7-28,33-64H2,1-6H3,(H,78,82)(H,79,83)(H,87,88)(H,89,90)(H2,76,77,86);;/q;2*+1/p-2/b31-29-,32-30-;;/t65?,66?,67-,68-,69-,70-;;/m1../s1. The van der Waals surface area contributed by atoms with Crippen molar-refractivity contribution in [1.82, 2.24) is 21.3 Å². The maximum absolute atomic E-state index is 13.6. The molecule has 0 saturated heterocycles. The van der Waals surface area contributed by atoms with Gasteiger partial charge in [-0.2, -0.15) is 0 Å². The SMILES string of the molecule is CCCCCC/C=C\CCCC(=O)O[C@H](CCCCCCC)CC(=O)NC(COCC[C@H](O)CCCCCCC)COP(=O)([O-])OCCNC(=O)NCCOP(=O)([O-])OCC(COCC[C@H](O)CCCCCCC)NC(=O)C[C@@H](CCCCCCC)OC(=O)CCC/C=C\CCCCCC.[Na+].[Na+]. The second kappa shape index (κ2) is 75.1. The zero-order valence-electron chi connectivity index (χ0n) is 65.2. The minimum atomic E-state index is -5.04. The fraction of sp³-hybridized carbons (Fsp3) is 0.880. The number of urea groups is 1. The van der Waals surface area contributed by atoms with E-state index in [9.17, 15) is 53.1 Å². The molecule has 6 N–H and O–H groups in total. The Hall–Kier alpha value is -1.31. The first-order valence-electron chi connectivity index (χ1n) is 39.3. The normalized spacial score (nSPS) is 14.5. The Morgan fingerprint density at radius 2 is 0.686 bits per heavy atom. The maximum Gasteiger partial charge on any atom is 1.00 e. The van der Waals surface area contributed by atoms with Crippen molar-refractivity contribution in [2.45, 2.75) is 361 Å². The summed E-state index contributed by atoms with van der Waals surface area (Å²) in [7, 11) is -10.1. The number of carbonyl (C=O) groups excluding carboxylic acids is 5. The number of esters is 2. The number of phosphoric acid groups is 2. The summed E-state index contributed by atoms with van der Waals surface area (Å²) < 4.78 is 69.9. The zero-order chi connectivity index (χ0) is 73.8. The van der Waals surface area contributed by atoms with Gasteiger partial charge >= 0.3 is 77.1 Å². The topological polar surface area (TPSA) is 328 Å². The molecule has 4 amide bonds. The van der Waals surface area contributed by atoms with Gasteiger partial charge in [0.2, 0.25) is 11.8 Å². The van der Waals surface area contributed by atoms with Crippen LogP contribution in [0.1, 0.15) is 324 Å². The van der Waals surface area contributed by atoms with Crippen LogP contribution in [-0.4, -0.2) is 142 Å². The van der Waals surface area contributed by atoms with Gasteiger partial charge < -0.3 is 78.3 Å². The number of hydrogen-bond donors (Lipinski definition) is 6. The monoisotopic (exact) mass is 1510 g/mol. The summed E-state index contributed by atoms with van der Waals surface area (Å²) in [4.78, 5) is 92.1. The summed E-state index contributed by atoms with van der Waals surface area (Å²) in [6, 6.07) is -2.79. The molecule has 0 bridgehead atoms. The molecule has 0 aromatic carbocycles. The first kappa shape index (κ1) is 105. The molecule has 0 aliphatic rings. The smallest absolute Gasteiger partial charge is 0.756 e. The van der Waals surface area contributed by atoms with Gasteiger partial charge in [-0.1, -0.05) is 220 Å². The predicted octanol–water partition coefficient (Wildman–Crippen LogP) is 9.24. The van der Waals surface area contributed by atoms with E-state index in [0.717, 1.165) is 167 Å². The summed E-state index contributed by atoms with van der Waals surface area (Å²) in [6.45, 7) is 9.91. The maximum atomic E-state index is 13.6. The quantitative estimate of drug-likeness (QED) is 0.0109. The average molecular weight is 1510 g/mol. The van der Waals surface area contributed by atoms with Crippen molar-refractivity contribution < 1.29 is 149 Å². The second-order valence-electron chi connectivity index (χ2n) is 26.8. The Morgan fingerprint density at radius 3 is 1.02 bits per heavy atom. The largest absolute Gasteiger partial charge is 1.00 e. The van der Waals surface area contributed by atoms with Gasteiger partial charge in [-0.3, -0.25) is 28.3 Å². The molecule has 0 radical (unpaired) electrons. The third kappa shape index (κ3) is 71.6. The van der Waals surface area contributed by atoms with E-state index in [1.54, 1.807) is 0 Å². The molecule has 0 spiro atoms. The molecule has 0 fully saturated rings. The van der Waals surface area contributed by atoms with Gasteiger partial charge in [-0.05, 0) is 103 Å². The van der Waals surface area contributed by atoms with Crippen molar-refractivity contribution in [3.8, 4) is 0 Å². The molecule has 27 heteroatoms. The van der Waals surface area contributed by atoms with E-state index in [1.165, 1.54) is 38.5 Å². The van der Waals surface area contributed by atoms with Crippen molar-refractivity contribution in [2.24, 2.45) is 0 Å². The first-order valence-corrected chi connectivity index (χ1v) is 42.2. The Morgan fingerprint density at radius 1 is 0.382 bits per heavy atom. The van der Waals surface area contributed by atoms with Gasteiger partial charge in [-0.15, -0.1) is 0 Å². The molecule has 0 heterocycles. The van der Waals surface area contributed by atoms with Gasteiger partial charge in [0.1, 0.15) is 12.2 Å². The summed E-state index contributed by atoms with van der Waals surface area (Å²) >= 11 is 0. The summed E-state index contributed by atoms with van der Waals surface area (Å²) in [5.74, 6) is -1.78. The molecule has 0 saturated carbocycles. The van der Waals surface area contributed by atoms with Gasteiger partial charge in [0.25, 0.3) is 15.6 Å². The minimum Gasteiger partial charge on any atom is -0.756 e.